The van der Waals surface area contributed by atoms with Crippen molar-refractivity contribution in [3.05, 3.63) is 47.7 Å². The van der Waals surface area contributed by atoms with Crippen LogP contribution in [0.3, 0.4) is 0 Å². The second-order valence-electron chi connectivity index (χ2n) is 4.49. The number of benzene rings is 1. The first kappa shape index (κ1) is 11.2. The van der Waals surface area contributed by atoms with Gasteiger partial charge in [-0.2, -0.15) is 0 Å². The highest BCUT2D eigenvalue weighted by molar-refractivity contribution is 5.55. The summed E-state index contributed by atoms with van der Waals surface area (Å²) >= 11 is 0. The number of furan rings is 1. The first-order valence-electron chi connectivity index (χ1n) is 6.00. The average Bonchev–Trinajstić information content (AvgIpc) is 2.89. The normalized spacial score (nSPS) is 19.9. The molecule has 4 nitrogen and oxygen atoms in total. The number of nitrogens with zero attached hydrogens (tertiary/aromatic N) is 1. The lowest BCUT2D eigenvalue weighted by molar-refractivity contribution is 0.0395. The second-order valence-corrected chi connectivity index (χ2v) is 4.49. The zero-order chi connectivity index (χ0) is 12.7. The van der Waals surface area contributed by atoms with Gasteiger partial charge in [0.25, 0.3) is 5.95 Å². The lowest BCUT2D eigenvalue weighted by Gasteiger charge is -2.25. The van der Waals surface area contributed by atoms with Gasteiger partial charge in [-0.3, -0.25) is 4.84 Å². The van der Waals surface area contributed by atoms with Gasteiger partial charge in [-0.25, -0.2) is 5.06 Å². The van der Waals surface area contributed by atoms with Gasteiger partial charge >= 0.3 is 0 Å². The summed E-state index contributed by atoms with van der Waals surface area (Å²) in [6, 6.07) is 11.7. The quantitative estimate of drug-likeness (QED) is 0.878. The molecule has 1 aliphatic heterocycles. The molecule has 1 aliphatic rings. The van der Waals surface area contributed by atoms with Gasteiger partial charge in [-0.15, -0.1) is 0 Å². The smallest absolute Gasteiger partial charge is 0.284 e. The van der Waals surface area contributed by atoms with E-state index in [1.165, 1.54) is 0 Å². The largest absolute Gasteiger partial charge is 0.481 e. The van der Waals surface area contributed by atoms with E-state index in [1.54, 1.807) is 11.1 Å². The molecular formula is C14H15NO3. The molecule has 18 heavy (non-hydrogen) atoms. The van der Waals surface area contributed by atoms with E-state index in [4.69, 9.17) is 9.25 Å². The number of aromatic hydroxyl groups is 1. The number of fused-ring (bicyclic) bond motifs is 1. The van der Waals surface area contributed by atoms with Crippen molar-refractivity contribution in [3.63, 3.8) is 0 Å². The molecule has 0 bridgehead atoms. The van der Waals surface area contributed by atoms with Gasteiger partial charge in [-0.1, -0.05) is 30.3 Å². The second kappa shape index (κ2) is 4.07. The van der Waals surface area contributed by atoms with E-state index in [1.807, 2.05) is 25.1 Å². The Morgan fingerprint density at radius 3 is 2.72 bits per heavy atom. The SMILES string of the molecule is CC1ON(C(C)c2ccccc2)c2cc(O)oc21. The molecule has 0 amide bonds. The molecule has 2 atom stereocenters. The van der Waals surface area contributed by atoms with Gasteiger partial charge in [0.05, 0.1) is 6.04 Å². The maximum absolute atomic E-state index is 9.44. The van der Waals surface area contributed by atoms with Crippen LogP contribution in [0.15, 0.2) is 40.8 Å². The van der Waals surface area contributed by atoms with E-state index in [-0.39, 0.29) is 18.1 Å². The van der Waals surface area contributed by atoms with Crippen molar-refractivity contribution in [1.82, 2.24) is 0 Å². The first-order chi connectivity index (χ1) is 8.66. The van der Waals surface area contributed by atoms with Gasteiger partial charge in [0.2, 0.25) is 0 Å². The predicted molar refractivity (Wildman–Crippen MR) is 67.2 cm³/mol. The van der Waals surface area contributed by atoms with Crippen LogP contribution in [0.25, 0.3) is 0 Å². The fraction of sp³-hybridized carbons (Fsp3) is 0.286. The molecule has 0 fully saturated rings. The molecule has 0 radical (unpaired) electrons. The number of hydroxylamine groups is 1. The summed E-state index contributed by atoms with van der Waals surface area (Å²) in [7, 11) is 0. The summed E-state index contributed by atoms with van der Waals surface area (Å²) in [5, 5.41) is 11.2. The molecule has 0 saturated carbocycles. The summed E-state index contributed by atoms with van der Waals surface area (Å²) in [5.74, 6) is 0.607. The number of rotatable bonds is 2. The van der Waals surface area contributed by atoms with E-state index in [9.17, 15) is 5.11 Å². The molecule has 1 aromatic heterocycles. The molecule has 1 N–H and O–H groups in total. The van der Waals surface area contributed by atoms with Crippen molar-refractivity contribution in [3.8, 4) is 5.95 Å². The zero-order valence-electron chi connectivity index (χ0n) is 10.3. The minimum Gasteiger partial charge on any atom is -0.481 e. The van der Waals surface area contributed by atoms with Crippen LogP contribution in [0.2, 0.25) is 0 Å². The molecule has 2 aromatic rings. The lowest BCUT2D eigenvalue weighted by Crippen LogP contribution is -2.23. The van der Waals surface area contributed by atoms with Crippen LogP contribution < -0.4 is 5.06 Å². The van der Waals surface area contributed by atoms with Gasteiger partial charge in [0.1, 0.15) is 11.8 Å². The Bertz CT molecular complexity index is 549. The molecular weight excluding hydrogens is 230 g/mol. The molecule has 1 aromatic carbocycles. The Labute approximate surface area is 105 Å². The Balaban J connectivity index is 1.95. The highest BCUT2D eigenvalue weighted by Crippen LogP contribution is 2.45. The minimum absolute atomic E-state index is 0.0619. The summed E-state index contributed by atoms with van der Waals surface area (Å²) in [5.41, 5.74) is 1.95. The monoisotopic (exact) mass is 245 g/mol. The molecule has 2 unspecified atom stereocenters. The standard InChI is InChI=1S/C14H15NO3/c1-9(11-6-4-3-5-7-11)15-12-8-13(16)17-14(12)10(2)18-15/h3-10,16H,1-2H3. The fourth-order valence-electron chi connectivity index (χ4n) is 2.29. The molecule has 3 rings (SSSR count). The highest BCUT2D eigenvalue weighted by atomic mass is 16.7. The Morgan fingerprint density at radius 1 is 1.28 bits per heavy atom. The first-order valence-corrected chi connectivity index (χ1v) is 6.00. The van der Waals surface area contributed by atoms with Crippen LogP contribution in [0.5, 0.6) is 5.95 Å². The molecule has 0 spiro atoms. The van der Waals surface area contributed by atoms with Crippen molar-refractivity contribution < 1.29 is 14.4 Å². The van der Waals surface area contributed by atoms with E-state index in [0.717, 1.165) is 11.3 Å². The number of hydrogen-bond acceptors (Lipinski definition) is 4. The van der Waals surface area contributed by atoms with Crippen LogP contribution in [-0.4, -0.2) is 5.11 Å². The van der Waals surface area contributed by atoms with E-state index in [0.29, 0.717) is 5.76 Å². The third kappa shape index (κ3) is 1.66. The molecule has 2 heterocycles. The van der Waals surface area contributed by atoms with Crippen molar-refractivity contribution in [2.24, 2.45) is 0 Å². The summed E-state index contributed by atoms with van der Waals surface area (Å²) in [4.78, 5) is 5.77. The van der Waals surface area contributed by atoms with Gasteiger partial charge in [0, 0.05) is 6.07 Å². The summed E-state index contributed by atoms with van der Waals surface area (Å²) in [6.07, 6.45) is -0.174. The summed E-state index contributed by atoms with van der Waals surface area (Å²) < 4.78 is 5.24. The van der Waals surface area contributed by atoms with Gasteiger partial charge < -0.3 is 9.52 Å². The van der Waals surface area contributed by atoms with Crippen LogP contribution in [-0.2, 0) is 4.84 Å². The predicted octanol–water partition coefficient (Wildman–Crippen LogP) is 3.56. The van der Waals surface area contributed by atoms with Crippen molar-refractivity contribution in [2.75, 3.05) is 5.06 Å². The van der Waals surface area contributed by atoms with E-state index >= 15 is 0 Å². The van der Waals surface area contributed by atoms with Crippen LogP contribution in [0.4, 0.5) is 5.69 Å². The third-order valence-electron chi connectivity index (χ3n) is 3.24. The molecule has 0 saturated heterocycles. The number of hydrogen-bond donors (Lipinski definition) is 1. The highest BCUT2D eigenvalue weighted by Gasteiger charge is 2.35. The van der Waals surface area contributed by atoms with Gasteiger partial charge in [-0.05, 0) is 19.4 Å². The Kier molecular flexibility index (Phi) is 2.52. The topological polar surface area (TPSA) is 45.8 Å². The molecule has 94 valence electrons. The number of anilines is 1. The third-order valence-corrected chi connectivity index (χ3v) is 3.24. The van der Waals surface area contributed by atoms with E-state index < -0.39 is 0 Å². The fourth-order valence-corrected chi connectivity index (χ4v) is 2.29. The van der Waals surface area contributed by atoms with Crippen LogP contribution in [0, 0.1) is 0 Å². The zero-order valence-corrected chi connectivity index (χ0v) is 10.3. The van der Waals surface area contributed by atoms with Gasteiger partial charge in [0.15, 0.2) is 5.76 Å². The lowest BCUT2D eigenvalue weighted by atomic mass is 10.1. The van der Waals surface area contributed by atoms with Crippen molar-refractivity contribution in [1.29, 1.82) is 0 Å². The van der Waals surface area contributed by atoms with Crippen molar-refractivity contribution >= 4 is 5.69 Å². The van der Waals surface area contributed by atoms with E-state index in [2.05, 4.69) is 19.1 Å². The van der Waals surface area contributed by atoms with Crippen LogP contribution in [0.1, 0.15) is 37.3 Å². The molecule has 0 aliphatic carbocycles. The maximum Gasteiger partial charge on any atom is 0.284 e. The summed E-state index contributed by atoms with van der Waals surface area (Å²) in [6.45, 7) is 3.96. The Hall–Kier alpha value is -1.94. The minimum atomic E-state index is -0.174. The average molecular weight is 245 g/mol. The Morgan fingerprint density at radius 2 is 2.00 bits per heavy atom. The van der Waals surface area contributed by atoms with Crippen molar-refractivity contribution in [2.45, 2.75) is 26.0 Å². The maximum atomic E-state index is 9.44. The van der Waals surface area contributed by atoms with Crippen LogP contribution >= 0.6 is 0 Å². The molecule has 4 heteroatoms.